The molecule has 4 heteroatoms. The van der Waals surface area contributed by atoms with Crippen molar-refractivity contribution in [1.29, 1.82) is 0 Å². The molecule has 2 rings (SSSR count). The summed E-state index contributed by atoms with van der Waals surface area (Å²) in [6.07, 6.45) is 1.09. The van der Waals surface area contributed by atoms with Gasteiger partial charge in [-0.25, -0.2) is 0 Å². The molecule has 0 radical (unpaired) electrons. The zero-order chi connectivity index (χ0) is 13.1. The van der Waals surface area contributed by atoms with Crippen LogP contribution in [0.25, 0.3) is 0 Å². The number of rotatable bonds is 2. The normalized spacial score (nSPS) is 19.9. The molecule has 2 N–H and O–H groups in total. The van der Waals surface area contributed by atoms with Crippen LogP contribution < -0.4 is 5.73 Å². The lowest BCUT2D eigenvalue weighted by Gasteiger charge is -2.32. The number of anilines is 1. The molecule has 4 nitrogen and oxygen atoms in total. The van der Waals surface area contributed by atoms with E-state index in [9.17, 15) is 4.79 Å². The first kappa shape index (κ1) is 12.9. The summed E-state index contributed by atoms with van der Waals surface area (Å²) >= 11 is 0. The van der Waals surface area contributed by atoms with Crippen molar-refractivity contribution < 1.29 is 9.53 Å². The molecule has 1 saturated heterocycles. The second-order valence-corrected chi connectivity index (χ2v) is 4.73. The predicted molar refractivity (Wildman–Crippen MR) is 71.5 cm³/mol. The number of aryl methyl sites for hydroxylation is 1. The van der Waals surface area contributed by atoms with E-state index in [1.165, 1.54) is 0 Å². The number of carbonyl (C=O) groups excluding carboxylic acids is 1. The van der Waals surface area contributed by atoms with E-state index < -0.39 is 0 Å². The topological polar surface area (TPSA) is 55.6 Å². The third-order valence-electron chi connectivity index (χ3n) is 3.37. The van der Waals surface area contributed by atoms with Crippen molar-refractivity contribution >= 4 is 11.6 Å². The van der Waals surface area contributed by atoms with Gasteiger partial charge in [0.1, 0.15) is 0 Å². The molecular weight excluding hydrogens is 228 g/mol. The number of nitrogen functional groups attached to an aromatic ring is 1. The van der Waals surface area contributed by atoms with E-state index in [-0.39, 0.29) is 12.0 Å². The Balaban J connectivity index is 2.17. The number of carbonyl (C=O) groups is 1. The lowest BCUT2D eigenvalue weighted by Crippen LogP contribution is -2.45. The van der Waals surface area contributed by atoms with E-state index in [1.54, 1.807) is 6.07 Å². The molecule has 0 bridgehead atoms. The molecular formula is C14H20N2O2. The van der Waals surface area contributed by atoms with Crippen LogP contribution in [0.15, 0.2) is 18.2 Å². The first-order valence-electron chi connectivity index (χ1n) is 6.38. The molecule has 98 valence electrons. The second kappa shape index (κ2) is 5.40. The molecule has 0 aromatic heterocycles. The predicted octanol–water partition coefficient (Wildman–Crippen LogP) is 1.83. The van der Waals surface area contributed by atoms with Gasteiger partial charge in [0.15, 0.2) is 0 Å². The molecule has 0 aliphatic carbocycles. The number of hydrogen-bond acceptors (Lipinski definition) is 3. The van der Waals surface area contributed by atoms with Gasteiger partial charge in [-0.05, 0) is 31.0 Å². The molecule has 0 spiro atoms. The molecule has 1 aromatic carbocycles. The first-order valence-corrected chi connectivity index (χ1v) is 6.38. The molecule has 1 aromatic rings. The van der Waals surface area contributed by atoms with Crippen LogP contribution >= 0.6 is 0 Å². The summed E-state index contributed by atoms with van der Waals surface area (Å²) in [6.45, 7) is 5.95. The van der Waals surface area contributed by atoms with E-state index in [0.717, 1.165) is 12.0 Å². The molecule has 1 amide bonds. The number of hydrogen-bond donors (Lipinski definition) is 1. The highest BCUT2D eigenvalue weighted by atomic mass is 16.5. The fourth-order valence-corrected chi connectivity index (χ4v) is 2.19. The van der Waals surface area contributed by atoms with Crippen LogP contribution in [0.1, 0.15) is 29.3 Å². The molecule has 18 heavy (non-hydrogen) atoms. The number of nitrogens with two attached hydrogens (primary N) is 1. The van der Waals surface area contributed by atoms with Crippen LogP contribution in [0.3, 0.4) is 0 Å². The monoisotopic (exact) mass is 248 g/mol. The van der Waals surface area contributed by atoms with Crippen molar-refractivity contribution in [2.75, 3.05) is 25.4 Å². The van der Waals surface area contributed by atoms with Gasteiger partial charge in [-0.3, -0.25) is 4.79 Å². The first-order chi connectivity index (χ1) is 8.61. The minimum atomic E-state index is 0.0570. The molecule has 1 unspecified atom stereocenters. The smallest absolute Gasteiger partial charge is 0.254 e. The highest BCUT2D eigenvalue weighted by Crippen LogP contribution is 2.17. The fraction of sp³-hybridized carbons (Fsp3) is 0.500. The van der Waals surface area contributed by atoms with Gasteiger partial charge in [-0.2, -0.15) is 0 Å². The quantitative estimate of drug-likeness (QED) is 0.812. The molecule has 1 aliphatic rings. The van der Waals surface area contributed by atoms with Gasteiger partial charge in [0.05, 0.1) is 12.7 Å². The van der Waals surface area contributed by atoms with Gasteiger partial charge in [-0.15, -0.1) is 0 Å². The maximum Gasteiger partial charge on any atom is 0.254 e. The van der Waals surface area contributed by atoms with Crippen molar-refractivity contribution in [3.8, 4) is 0 Å². The maximum atomic E-state index is 12.4. The molecule has 0 saturated carbocycles. The Bertz CT molecular complexity index is 445. The standard InChI is InChI=1S/C14H20N2O2/c1-3-12-9-16(6-7-18-12)14(17)13-8-11(15)5-4-10(13)2/h4-5,8,12H,3,6-7,9,15H2,1-2H3. The highest BCUT2D eigenvalue weighted by Gasteiger charge is 2.24. The largest absolute Gasteiger partial charge is 0.399 e. The fourth-order valence-electron chi connectivity index (χ4n) is 2.19. The Kier molecular flexibility index (Phi) is 3.87. The van der Waals surface area contributed by atoms with Crippen molar-refractivity contribution in [3.05, 3.63) is 29.3 Å². The minimum absolute atomic E-state index is 0.0570. The number of ether oxygens (including phenoxy) is 1. The number of amides is 1. The Morgan fingerprint density at radius 1 is 1.56 bits per heavy atom. The van der Waals surface area contributed by atoms with Gasteiger partial charge in [0, 0.05) is 24.3 Å². The Hall–Kier alpha value is -1.55. The van der Waals surface area contributed by atoms with Crippen LogP contribution in [0.5, 0.6) is 0 Å². The van der Waals surface area contributed by atoms with Crippen molar-refractivity contribution in [1.82, 2.24) is 4.90 Å². The van der Waals surface area contributed by atoms with Crippen LogP contribution in [0.2, 0.25) is 0 Å². The van der Waals surface area contributed by atoms with Crippen molar-refractivity contribution in [2.24, 2.45) is 0 Å². The van der Waals surface area contributed by atoms with Crippen LogP contribution in [0, 0.1) is 6.92 Å². The van der Waals surface area contributed by atoms with Gasteiger partial charge in [0.2, 0.25) is 0 Å². The van der Waals surface area contributed by atoms with E-state index in [4.69, 9.17) is 10.5 Å². The van der Waals surface area contributed by atoms with E-state index in [0.29, 0.717) is 30.9 Å². The molecule has 1 fully saturated rings. The number of nitrogens with zero attached hydrogens (tertiary/aromatic N) is 1. The third-order valence-corrected chi connectivity index (χ3v) is 3.37. The minimum Gasteiger partial charge on any atom is -0.399 e. The van der Waals surface area contributed by atoms with Crippen LogP contribution in [0.4, 0.5) is 5.69 Å². The molecule has 1 aliphatic heterocycles. The second-order valence-electron chi connectivity index (χ2n) is 4.73. The summed E-state index contributed by atoms with van der Waals surface area (Å²) in [6, 6.07) is 5.47. The summed E-state index contributed by atoms with van der Waals surface area (Å²) in [5.74, 6) is 0.0570. The van der Waals surface area contributed by atoms with Gasteiger partial charge < -0.3 is 15.4 Å². The summed E-state index contributed by atoms with van der Waals surface area (Å²) in [7, 11) is 0. The lowest BCUT2D eigenvalue weighted by atomic mass is 10.1. The summed E-state index contributed by atoms with van der Waals surface area (Å²) < 4.78 is 5.58. The average molecular weight is 248 g/mol. The van der Waals surface area contributed by atoms with Gasteiger partial charge >= 0.3 is 0 Å². The maximum absolute atomic E-state index is 12.4. The summed E-state index contributed by atoms with van der Waals surface area (Å²) in [5.41, 5.74) is 8.05. The van der Waals surface area contributed by atoms with Gasteiger partial charge in [-0.1, -0.05) is 13.0 Å². The van der Waals surface area contributed by atoms with Crippen LogP contribution in [-0.4, -0.2) is 36.6 Å². The zero-order valence-electron chi connectivity index (χ0n) is 11.0. The Morgan fingerprint density at radius 2 is 2.33 bits per heavy atom. The molecule has 1 atom stereocenters. The summed E-state index contributed by atoms with van der Waals surface area (Å²) in [4.78, 5) is 14.3. The SMILES string of the molecule is CCC1CN(C(=O)c2cc(N)ccc2C)CCO1. The Labute approximate surface area is 108 Å². The van der Waals surface area contributed by atoms with E-state index in [1.807, 2.05) is 24.0 Å². The lowest BCUT2D eigenvalue weighted by molar-refractivity contribution is -0.0226. The van der Waals surface area contributed by atoms with Crippen LogP contribution in [-0.2, 0) is 4.74 Å². The average Bonchev–Trinajstić information content (AvgIpc) is 2.41. The van der Waals surface area contributed by atoms with E-state index >= 15 is 0 Å². The third kappa shape index (κ3) is 2.64. The summed E-state index contributed by atoms with van der Waals surface area (Å²) in [5, 5.41) is 0. The number of benzene rings is 1. The number of morpholine rings is 1. The van der Waals surface area contributed by atoms with Gasteiger partial charge in [0.25, 0.3) is 5.91 Å². The van der Waals surface area contributed by atoms with E-state index in [2.05, 4.69) is 6.92 Å². The molecule has 1 heterocycles. The highest BCUT2D eigenvalue weighted by molar-refractivity contribution is 5.96. The zero-order valence-corrected chi connectivity index (χ0v) is 11.0. The van der Waals surface area contributed by atoms with Crippen molar-refractivity contribution in [3.63, 3.8) is 0 Å². The van der Waals surface area contributed by atoms with Crippen molar-refractivity contribution in [2.45, 2.75) is 26.4 Å². The Morgan fingerprint density at radius 3 is 3.06 bits per heavy atom.